The highest BCUT2D eigenvalue weighted by Gasteiger charge is 2.27. The molecule has 2 atom stereocenters. The molecule has 0 amide bonds. The number of hydrogen-bond donors (Lipinski definition) is 1. The summed E-state index contributed by atoms with van der Waals surface area (Å²) in [6, 6.07) is 0. The number of nitrogens with one attached hydrogen (secondary N) is 1. The summed E-state index contributed by atoms with van der Waals surface area (Å²) in [6.07, 6.45) is 10.0. The van der Waals surface area contributed by atoms with Crippen LogP contribution < -0.4 is 5.32 Å². The van der Waals surface area contributed by atoms with Gasteiger partial charge in [-0.15, -0.1) is 0 Å². The van der Waals surface area contributed by atoms with Gasteiger partial charge in [-0.3, -0.25) is 0 Å². The molecular weight excluding hydrogens is 136 g/mol. The van der Waals surface area contributed by atoms with E-state index in [-0.39, 0.29) is 5.54 Å². The third-order valence-corrected chi connectivity index (χ3v) is 2.22. The lowest BCUT2D eigenvalue weighted by molar-refractivity contribution is 0.401. The minimum atomic E-state index is -0.191. The number of hydrogen-bond acceptors (Lipinski definition) is 2. The highest BCUT2D eigenvalue weighted by Crippen LogP contribution is 2.22. The molecule has 2 nitrogen and oxygen atoms in total. The highest BCUT2D eigenvalue weighted by molar-refractivity contribution is 5.23. The molecule has 0 aromatic heterocycles. The van der Waals surface area contributed by atoms with Crippen LogP contribution >= 0.6 is 0 Å². The van der Waals surface area contributed by atoms with Gasteiger partial charge in [0.05, 0.1) is 5.54 Å². The Hall–Kier alpha value is -1.23. The molecule has 0 aromatic carbocycles. The fourth-order valence-corrected chi connectivity index (χ4v) is 1.11. The van der Waals surface area contributed by atoms with Crippen LogP contribution in [0.1, 0.15) is 13.8 Å². The van der Waals surface area contributed by atoms with Crippen LogP contribution in [0.2, 0.25) is 0 Å². The van der Waals surface area contributed by atoms with Crippen molar-refractivity contribution in [2.75, 3.05) is 0 Å². The molecule has 11 heavy (non-hydrogen) atoms. The number of rotatable bonds is 1. The largest absolute Gasteiger partial charge is 0.314 e. The molecule has 0 spiro atoms. The number of nitrogens with zero attached hydrogens (tertiary/aromatic N) is 1. The number of allylic oxidation sites excluding steroid dienone is 2. The average Bonchev–Trinajstić information content (AvgIpc) is 1.96. The van der Waals surface area contributed by atoms with Gasteiger partial charge in [-0.1, -0.05) is 31.2 Å². The second kappa shape index (κ2) is 2.79. The average molecular weight is 148 g/mol. The molecular formula is C9H12N2. The zero-order valence-electron chi connectivity index (χ0n) is 6.83. The van der Waals surface area contributed by atoms with E-state index in [0.29, 0.717) is 5.92 Å². The normalized spacial score (nSPS) is 34.8. The first-order chi connectivity index (χ1) is 5.19. The van der Waals surface area contributed by atoms with Crippen molar-refractivity contribution in [1.82, 2.24) is 5.32 Å². The second-order valence-electron chi connectivity index (χ2n) is 3.05. The van der Waals surface area contributed by atoms with Gasteiger partial charge in [0.2, 0.25) is 0 Å². The van der Waals surface area contributed by atoms with Gasteiger partial charge in [0.25, 0.3) is 0 Å². The summed E-state index contributed by atoms with van der Waals surface area (Å²) in [6.45, 7) is 4.10. The Morgan fingerprint density at radius 3 is 2.82 bits per heavy atom. The van der Waals surface area contributed by atoms with Gasteiger partial charge in [0.15, 0.2) is 6.19 Å². The molecule has 0 radical (unpaired) electrons. The molecule has 1 rings (SSSR count). The van der Waals surface area contributed by atoms with E-state index in [0.717, 1.165) is 0 Å². The van der Waals surface area contributed by atoms with Gasteiger partial charge >= 0.3 is 0 Å². The van der Waals surface area contributed by atoms with Gasteiger partial charge in [-0.2, -0.15) is 5.26 Å². The molecule has 0 fully saturated rings. The van der Waals surface area contributed by atoms with E-state index in [1.54, 1.807) is 0 Å². The quantitative estimate of drug-likeness (QED) is 0.452. The van der Waals surface area contributed by atoms with Crippen molar-refractivity contribution in [2.24, 2.45) is 5.92 Å². The Labute approximate surface area is 67.2 Å². The van der Waals surface area contributed by atoms with Gasteiger partial charge in [0, 0.05) is 5.92 Å². The summed E-state index contributed by atoms with van der Waals surface area (Å²) in [5, 5.41) is 11.3. The number of nitriles is 1. The van der Waals surface area contributed by atoms with Gasteiger partial charge in [0.1, 0.15) is 0 Å². The minimum absolute atomic E-state index is 0.191. The van der Waals surface area contributed by atoms with Crippen molar-refractivity contribution in [3.05, 3.63) is 24.3 Å². The molecule has 0 heterocycles. The molecule has 0 bridgehead atoms. The molecule has 0 saturated carbocycles. The Bertz CT molecular complexity index is 234. The third kappa shape index (κ3) is 1.43. The Morgan fingerprint density at radius 2 is 2.27 bits per heavy atom. The van der Waals surface area contributed by atoms with Crippen LogP contribution in [0.4, 0.5) is 0 Å². The summed E-state index contributed by atoms with van der Waals surface area (Å²) < 4.78 is 0. The lowest BCUT2D eigenvalue weighted by Crippen LogP contribution is -2.43. The van der Waals surface area contributed by atoms with Gasteiger partial charge < -0.3 is 5.32 Å². The van der Waals surface area contributed by atoms with Gasteiger partial charge in [-0.05, 0) is 6.92 Å². The minimum Gasteiger partial charge on any atom is -0.314 e. The smallest absolute Gasteiger partial charge is 0.177 e. The fraction of sp³-hybridized carbons (Fsp3) is 0.444. The molecule has 2 heteroatoms. The zero-order chi connectivity index (χ0) is 8.32. The summed E-state index contributed by atoms with van der Waals surface area (Å²) in [5.41, 5.74) is -0.191. The first-order valence-corrected chi connectivity index (χ1v) is 3.71. The molecule has 1 N–H and O–H groups in total. The van der Waals surface area contributed by atoms with E-state index in [2.05, 4.69) is 18.3 Å². The first kappa shape index (κ1) is 7.87. The maximum atomic E-state index is 8.48. The molecule has 1 aliphatic rings. The van der Waals surface area contributed by atoms with Crippen molar-refractivity contribution < 1.29 is 0 Å². The fourth-order valence-electron chi connectivity index (χ4n) is 1.11. The molecule has 0 saturated heterocycles. The second-order valence-corrected chi connectivity index (χ2v) is 3.05. The van der Waals surface area contributed by atoms with E-state index < -0.39 is 0 Å². The van der Waals surface area contributed by atoms with Crippen LogP contribution in [0, 0.1) is 17.4 Å². The standard InChI is InChI=1S/C9H12N2/c1-8-5-3-4-6-9(8,2)11-7-10/h3-6,8,11H,1-2H3. The molecule has 1 aliphatic carbocycles. The lowest BCUT2D eigenvalue weighted by Gasteiger charge is -2.31. The van der Waals surface area contributed by atoms with Crippen molar-refractivity contribution >= 4 is 0 Å². The summed E-state index contributed by atoms with van der Waals surface area (Å²) >= 11 is 0. The SMILES string of the molecule is CC1C=CC=CC1(C)NC#N. The summed E-state index contributed by atoms with van der Waals surface area (Å²) in [4.78, 5) is 0. The van der Waals surface area contributed by atoms with Crippen molar-refractivity contribution in [1.29, 1.82) is 5.26 Å². The van der Waals surface area contributed by atoms with Crippen LogP contribution in [0.5, 0.6) is 0 Å². The Morgan fingerprint density at radius 1 is 1.55 bits per heavy atom. The zero-order valence-corrected chi connectivity index (χ0v) is 6.83. The first-order valence-electron chi connectivity index (χ1n) is 3.71. The lowest BCUT2D eigenvalue weighted by atomic mass is 9.84. The maximum absolute atomic E-state index is 8.48. The predicted molar refractivity (Wildman–Crippen MR) is 44.6 cm³/mol. The van der Waals surface area contributed by atoms with E-state index in [4.69, 9.17) is 5.26 Å². The molecule has 2 unspecified atom stereocenters. The molecule has 58 valence electrons. The van der Waals surface area contributed by atoms with E-state index in [1.165, 1.54) is 0 Å². The van der Waals surface area contributed by atoms with Crippen LogP contribution in [0.15, 0.2) is 24.3 Å². The summed E-state index contributed by atoms with van der Waals surface area (Å²) in [7, 11) is 0. The van der Waals surface area contributed by atoms with E-state index in [1.807, 2.05) is 31.3 Å². The maximum Gasteiger partial charge on any atom is 0.177 e. The Kier molecular flexibility index (Phi) is 2.00. The predicted octanol–water partition coefficient (Wildman–Crippen LogP) is 1.58. The van der Waals surface area contributed by atoms with Crippen molar-refractivity contribution in [3.63, 3.8) is 0 Å². The molecule has 0 aromatic rings. The molecule has 0 aliphatic heterocycles. The van der Waals surface area contributed by atoms with E-state index in [9.17, 15) is 0 Å². The van der Waals surface area contributed by atoms with Crippen LogP contribution in [-0.2, 0) is 0 Å². The third-order valence-electron chi connectivity index (χ3n) is 2.22. The Balaban J connectivity index is 2.78. The monoisotopic (exact) mass is 148 g/mol. The van der Waals surface area contributed by atoms with Crippen molar-refractivity contribution in [3.8, 4) is 6.19 Å². The summed E-state index contributed by atoms with van der Waals surface area (Å²) in [5.74, 6) is 0.368. The van der Waals surface area contributed by atoms with Crippen molar-refractivity contribution in [2.45, 2.75) is 19.4 Å². The van der Waals surface area contributed by atoms with Gasteiger partial charge in [-0.25, -0.2) is 0 Å². The van der Waals surface area contributed by atoms with Crippen LogP contribution in [0.25, 0.3) is 0 Å². The van der Waals surface area contributed by atoms with Crippen LogP contribution in [0.3, 0.4) is 0 Å². The topological polar surface area (TPSA) is 35.8 Å². The highest BCUT2D eigenvalue weighted by atomic mass is 15.0. The van der Waals surface area contributed by atoms with Crippen LogP contribution in [-0.4, -0.2) is 5.54 Å². The van der Waals surface area contributed by atoms with E-state index >= 15 is 0 Å².